The lowest BCUT2D eigenvalue weighted by atomic mass is 10.2. The Morgan fingerprint density at radius 1 is 1.47 bits per heavy atom. The van der Waals surface area contributed by atoms with Crippen molar-refractivity contribution in [1.82, 2.24) is 9.97 Å². The van der Waals surface area contributed by atoms with Crippen molar-refractivity contribution < 1.29 is 9.66 Å². The van der Waals surface area contributed by atoms with Crippen LogP contribution in [0.5, 0.6) is 5.88 Å². The van der Waals surface area contributed by atoms with Crippen LogP contribution >= 0.6 is 0 Å². The topological polar surface area (TPSA) is 90.2 Å². The summed E-state index contributed by atoms with van der Waals surface area (Å²) in [6.45, 7) is 5.85. The number of hydrogen-bond acceptors (Lipinski definition) is 6. The standard InChI is InChI=1S/C10H16N4O3/c1-6(2)5-17-9-8(14(15)16)7(3)12-10(11-4)13-9/h6H,5H2,1-4H3,(H,11,12,13). The first-order valence-electron chi connectivity index (χ1n) is 5.29. The Morgan fingerprint density at radius 2 is 2.12 bits per heavy atom. The number of hydrogen-bond donors (Lipinski definition) is 1. The first kappa shape index (κ1) is 13.1. The van der Waals surface area contributed by atoms with Crippen molar-refractivity contribution in [1.29, 1.82) is 0 Å². The minimum atomic E-state index is -0.523. The third-order valence-corrected chi connectivity index (χ3v) is 1.99. The quantitative estimate of drug-likeness (QED) is 0.623. The van der Waals surface area contributed by atoms with E-state index in [1.165, 1.54) is 0 Å². The molecule has 0 aliphatic heterocycles. The Kier molecular flexibility index (Phi) is 4.19. The maximum absolute atomic E-state index is 10.9. The predicted octanol–water partition coefficient (Wildman–Crippen LogP) is 1.77. The van der Waals surface area contributed by atoms with E-state index in [4.69, 9.17) is 4.74 Å². The summed E-state index contributed by atoms with van der Waals surface area (Å²) in [5.41, 5.74) is 0.109. The van der Waals surface area contributed by atoms with Crippen LogP contribution in [0.1, 0.15) is 19.5 Å². The molecule has 0 aliphatic rings. The number of nitrogens with one attached hydrogen (secondary N) is 1. The molecule has 0 spiro atoms. The van der Waals surface area contributed by atoms with Crippen LogP contribution in [0.15, 0.2) is 0 Å². The summed E-state index contributed by atoms with van der Waals surface area (Å²) in [5.74, 6) is 0.593. The van der Waals surface area contributed by atoms with Gasteiger partial charge in [-0.2, -0.15) is 4.98 Å². The zero-order chi connectivity index (χ0) is 13.0. The molecule has 0 saturated heterocycles. The van der Waals surface area contributed by atoms with Crippen LogP contribution < -0.4 is 10.1 Å². The average molecular weight is 240 g/mol. The molecule has 0 unspecified atom stereocenters. The Labute approximate surface area is 99.4 Å². The second kappa shape index (κ2) is 5.42. The molecule has 1 aromatic rings. The molecule has 1 N–H and O–H groups in total. The van der Waals surface area contributed by atoms with E-state index in [9.17, 15) is 10.1 Å². The van der Waals surface area contributed by atoms with Gasteiger partial charge in [0.15, 0.2) is 0 Å². The second-order valence-electron chi connectivity index (χ2n) is 4.00. The van der Waals surface area contributed by atoms with Gasteiger partial charge in [-0.25, -0.2) is 4.98 Å². The molecule has 0 fully saturated rings. The molecule has 0 bridgehead atoms. The molecule has 7 heteroatoms. The van der Waals surface area contributed by atoms with Gasteiger partial charge < -0.3 is 10.1 Å². The van der Waals surface area contributed by atoms with Crippen molar-refractivity contribution in [2.24, 2.45) is 5.92 Å². The molecule has 1 heterocycles. The van der Waals surface area contributed by atoms with Crippen LogP contribution in [0.4, 0.5) is 11.6 Å². The Hall–Kier alpha value is -1.92. The van der Waals surface area contributed by atoms with Gasteiger partial charge in [0.05, 0.1) is 11.5 Å². The minimum absolute atomic E-state index is 0.0144. The summed E-state index contributed by atoms with van der Waals surface area (Å²) < 4.78 is 5.35. The van der Waals surface area contributed by atoms with E-state index in [0.717, 1.165) is 0 Å². The van der Waals surface area contributed by atoms with Gasteiger partial charge in [0.1, 0.15) is 5.69 Å². The highest BCUT2D eigenvalue weighted by atomic mass is 16.6. The lowest BCUT2D eigenvalue weighted by Gasteiger charge is -2.10. The summed E-state index contributed by atoms with van der Waals surface area (Å²) in [7, 11) is 1.65. The highest BCUT2D eigenvalue weighted by Crippen LogP contribution is 2.28. The van der Waals surface area contributed by atoms with Crippen LogP contribution in [-0.2, 0) is 0 Å². The van der Waals surface area contributed by atoms with Crippen LogP contribution in [0.3, 0.4) is 0 Å². The minimum Gasteiger partial charge on any atom is -0.472 e. The predicted molar refractivity (Wildman–Crippen MR) is 63.3 cm³/mol. The van der Waals surface area contributed by atoms with E-state index >= 15 is 0 Å². The largest absolute Gasteiger partial charge is 0.472 e. The lowest BCUT2D eigenvalue weighted by molar-refractivity contribution is -0.387. The highest BCUT2D eigenvalue weighted by molar-refractivity contribution is 5.48. The van der Waals surface area contributed by atoms with Gasteiger partial charge >= 0.3 is 5.69 Å². The van der Waals surface area contributed by atoms with Crippen molar-refractivity contribution in [3.8, 4) is 5.88 Å². The fraction of sp³-hybridized carbons (Fsp3) is 0.600. The lowest BCUT2D eigenvalue weighted by Crippen LogP contribution is -2.10. The monoisotopic (exact) mass is 240 g/mol. The zero-order valence-corrected chi connectivity index (χ0v) is 10.4. The number of anilines is 1. The van der Waals surface area contributed by atoms with Crippen molar-refractivity contribution in [3.63, 3.8) is 0 Å². The van der Waals surface area contributed by atoms with Crippen molar-refractivity contribution in [2.75, 3.05) is 19.0 Å². The molecular weight excluding hydrogens is 224 g/mol. The molecule has 0 radical (unpaired) electrons. The molecule has 0 aromatic carbocycles. The highest BCUT2D eigenvalue weighted by Gasteiger charge is 2.23. The molecule has 0 atom stereocenters. The first-order chi connectivity index (χ1) is 7.95. The van der Waals surface area contributed by atoms with E-state index in [2.05, 4.69) is 15.3 Å². The molecule has 17 heavy (non-hydrogen) atoms. The van der Waals surface area contributed by atoms with E-state index in [1.807, 2.05) is 13.8 Å². The van der Waals surface area contributed by atoms with Gasteiger partial charge in [0.2, 0.25) is 5.95 Å². The SMILES string of the molecule is CNc1nc(C)c([N+](=O)[O-])c(OCC(C)C)n1. The van der Waals surface area contributed by atoms with E-state index in [1.54, 1.807) is 14.0 Å². The molecule has 0 amide bonds. The van der Waals surface area contributed by atoms with Gasteiger partial charge in [0.25, 0.3) is 5.88 Å². The van der Waals surface area contributed by atoms with Crippen molar-refractivity contribution in [2.45, 2.75) is 20.8 Å². The maximum Gasteiger partial charge on any atom is 0.352 e. The van der Waals surface area contributed by atoms with Gasteiger partial charge in [0, 0.05) is 7.05 Å². The fourth-order valence-corrected chi connectivity index (χ4v) is 1.21. The van der Waals surface area contributed by atoms with Gasteiger partial charge in [-0.1, -0.05) is 13.8 Å². The van der Waals surface area contributed by atoms with E-state index in [-0.39, 0.29) is 23.2 Å². The summed E-state index contributed by atoms with van der Waals surface area (Å²) in [6.07, 6.45) is 0. The number of nitro groups is 1. The normalized spacial score (nSPS) is 10.4. The summed E-state index contributed by atoms with van der Waals surface area (Å²) >= 11 is 0. The number of ether oxygens (including phenoxy) is 1. The third kappa shape index (κ3) is 3.27. The van der Waals surface area contributed by atoms with E-state index < -0.39 is 4.92 Å². The number of aromatic nitrogens is 2. The van der Waals surface area contributed by atoms with Crippen molar-refractivity contribution in [3.05, 3.63) is 15.8 Å². The molecule has 1 aromatic heterocycles. The van der Waals surface area contributed by atoms with Gasteiger partial charge in [-0.3, -0.25) is 10.1 Å². The third-order valence-electron chi connectivity index (χ3n) is 1.99. The summed E-state index contributed by atoms with van der Waals surface area (Å²) in [4.78, 5) is 18.3. The summed E-state index contributed by atoms with van der Waals surface area (Å²) in [5, 5.41) is 13.6. The number of rotatable bonds is 5. The second-order valence-corrected chi connectivity index (χ2v) is 4.00. The Bertz CT molecular complexity index is 420. The zero-order valence-electron chi connectivity index (χ0n) is 10.4. The van der Waals surface area contributed by atoms with Crippen molar-refractivity contribution >= 4 is 11.6 Å². The molecular formula is C10H16N4O3. The summed E-state index contributed by atoms with van der Waals surface area (Å²) in [6, 6.07) is 0. The first-order valence-corrected chi connectivity index (χ1v) is 5.29. The van der Waals surface area contributed by atoms with Gasteiger partial charge in [-0.05, 0) is 12.8 Å². The molecule has 7 nitrogen and oxygen atoms in total. The van der Waals surface area contributed by atoms with Gasteiger partial charge in [-0.15, -0.1) is 0 Å². The van der Waals surface area contributed by atoms with Crippen LogP contribution in [0, 0.1) is 23.0 Å². The number of nitrogens with zero attached hydrogens (tertiary/aromatic N) is 3. The maximum atomic E-state index is 10.9. The van der Waals surface area contributed by atoms with E-state index in [0.29, 0.717) is 12.6 Å². The molecule has 1 rings (SSSR count). The van der Waals surface area contributed by atoms with Crippen LogP contribution in [0.25, 0.3) is 0 Å². The Balaban J connectivity index is 3.13. The molecule has 0 aliphatic carbocycles. The Morgan fingerprint density at radius 3 is 2.59 bits per heavy atom. The molecule has 94 valence electrons. The fourth-order valence-electron chi connectivity index (χ4n) is 1.21. The number of aryl methyl sites for hydroxylation is 1. The molecule has 0 saturated carbocycles. The van der Waals surface area contributed by atoms with Crippen LogP contribution in [0.2, 0.25) is 0 Å². The smallest absolute Gasteiger partial charge is 0.352 e. The van der Waals surface area contributed by atoms with Crippen LogP contribution in [-0.4, -0.2) is 28.5 Å². The average Bonchev–Trinajstić information content (AvgIpc) is 2.24.